The van der Waals surface area contributed by atoms with Crippen LogP contribution < -0.4 is 5.73 Å². The fourth-order valence-corrected chi connectivity index (χ4v) is 0.152. The first kappa shape index (κ1) is 6.63. The smallest absolute Gasteiger partial charge is 0.00855 e. The van der Waals surface area contributed by atoms with Crippen molar-refractivity contribution in [3.8, 4) is 0 Å². The van der Waals surface area contributed by atoms with Crippen molar-refractivity contribution in [2.45, 2.75) is 19.9 Å². The molecule has 0 aliphatic heterocycles. The highest BCUT2D eigenvalue weighted by atomic mass is 14.6. The summed E-state index contributed by atoms with van der Waals surface area (Å²) in [4.78, 5) is 0. The van der Waals surface area contributed by atoms with Gasteiger partial charge in [0.15, 0.2) is 0 Å². The number of hydrogen-bond acceptors (Lipinski definition) is 2. The van der Waals surface area contributed by atoms with E-state index in [2.05, 4.69) is 0 Å². The largest absolute Gasteiger partial charge is 0.327 e. The normalized spacial score (nSPS) is 18.1. The van der Waals surface area contributed by atoms with Crippen molar-refractivity contribution in [1.29, 1.82) is 5.41 Å². The third kappa shape index (κ3) is 2.34. The fourth-order valence-electron chi connectivity index (χ4n) is 0.152. The monoisotopic (exact) mass is 100 g/mol. The summed E-state index contributed by atoms with van der Waals surface area (Å²) < 4.78 is 0. The van der Waals surface area contributed by atoms with Crippen molar-refractivity contribution in [2.75, 3.05) is 0 Å². The molecule has 2 atom stereocenters. The first-order valence-electron chi connectivity index (χ1n) is 2.44. The highest BCUT2D eigenvalue weighted by Crippen LogP contribution is 1.92. The van der Waals surface area contributed by atoms with Gasteiger partial charge in [0.1, 0.15) is 0 Å². The summed E-state index contributed by atoms with van der Waals surface area (Å²) in [6, 6.07) is 0.123. The molecule has 0 spiro atoms. The average molecular weight is 100 g/mol. The molecule has 0 radical (unpaired) electrons. The van der Waals surface area contributed by atoms with Crippen LogP contribution in [0.4, 0.5) is 0 Å². The summed E-state index contributed by atoms with van der Waals surface area (Å²) in [6.45, 7) is 3.83. The SMILES string of the molecule is CC(N)C(C)C=N. The number of rotatable bonds is 2. The number of nitrogens with two attached hydrogens (primary N) is 1. The Kier molecular flexibility index (Phi) is 2.60. The molecule has 2 nitrogen and oxygen atoms in total. The van der Waals surface area contributed by atoms with Crippen LogP contribution in [0.5, 0.6) is 0 Å². The molecule has 42 valence electrons. The summed E-state index contributed by atoms with van der Waals surface area (Å²) >= 11 is 0. The van der Waals surface area contributed by atoms with E-state index in [-0.39, 0.29) is 12.0 Å². The van der Waals surface area contributed by atoms with E-state index in [4.69, 9.17) is 11.1 Å². The Morgan fingerprint density at radius 1 is 1.57 bits per heavy atom. The lowest BCUT2D eigenvalue weighted by Crippen LogP contribution is -2.24. The van der Waals surface area contributed by atoms with Crippen LogP contribution in [-0.2, 0) is 0 Å². The molecule has 0 amide bonds. The van der Waals surface area contributed by atoms with Crippen LogP contribution in [0.25, 0.3) is 0 Å². The molecule has 0 aliphatic rings. The summed E-state index contributed by atoms with van der Waals surface area (Å²) in [5, 5.41) is 6.73. The topological polar surface area (TPSA) is 49.9 Å². The second-order valence-corrected chi connectivity index (χ2v) is 1.88. The third-order valence-electron chi connectivity index (χ3n) is 1.09. The van der Waals surface area contributed by atoms with Crippen molar-refractivity contribution < 1.29 is 0 Å². The van der Waals surface area contributed by atoms with E-state index < -0.39 is 0 Å². The second kappa shape index (κ2) is 2.75. The quantitative estimate of drug-likeness (QED) is 0.491. The van der Waals surface area contributed by atoms with Gasteiger partial charge in [-0.1, -0.05) is 6.92 Å². The lowest BCUT2D eigenvalue weighted by molar-refractivity contribution is 0.621. The first-order valence-corrected chi connectivity index (χ1v) is 2.44. The molecule has 0 saturated carbocycles. The van der Waals surface area contributed by atoms with Crippen molar-refractivity contribution in [3.63, 3.8) is 0 Å². The Hall–Kier alpha value is -0.370. The molecule has 0 heterocycles. The van der Waals surface area contributed by atoms with Crippen LogP contribution in [0.3, 0.4) is 0 Å². The highest BCUT2D eigenvalue weighted by Gasteiger charge is 2.00. The predicted octanol–water partition coefficient (Wildman–Crippen LogP) is 0.619. The van der Waals surface area contributed by atoms with Gasteiger partial charge in [-0.25, -0.2) is 0 Å². The maximum atomic E-state index is 6.73. The maximum Gasteiger partial charge on any atom is 0.00855 e. The van der Waals surface area contributed by atoms with Gasteiger partial charge in [-0.2, -0.15) is 0 Å². The van der Waals surface area contributed by atoms with Crippen LogP contribution in [0.2, 0.25) is 0 Å². The Balaban J connectivity index is 3.33. The third-order valence-corrected chi connectivity index (χ3v) is 1.09. The summed E-state index contributed by atoms with van der Waals surface area (Å²) in [7, 11) is 0. The zero-order chi connectivity index (χ0) is 5.86. The van der Waals surface area contributed by atoms with E-state index in [1.54, 1.807) is 0 Å². The van der Waals surface area contributed by atoms with Gasteiger partial charge in [0, 0.05) is 12.0 Å². The van der Waals surface area contributed by atoms with Crippen molar-refractivity contribution >= 4 is 6.21 Å². The average Bonchev–Trinajstić information content (AvgIpc) is 1.65. The maximum absolute atomic E-state index is 6.73. The fraction of sp³-hybridized carbons (Fsp3) is 0.800. The minimum absolute atomic E-state index is 0.123. The number of hydrogen-bond donors (Lipinski definition) is 2. The molecule has 3 N–H and O–H groups in total. The van der Waals surface area contributed by atoms with Crippen LogP contribution in [-0.4, -0.2) is 12.3 Å². The van der Waals surface area contributed by atoms with Gasteiger partial charge in [-0.3, -0.25) is 0 Å². The molecular formula is C5H12N2. The molecule has 2 unspecified atom stereocenters. The van der Waals surface area contributed by atoms with Gasteiger partial charge < -0.3 is 11.1 Å². The van der Waals surface area contributed by atoms with Crippen LogP contribution >= 0.6 is 0 Å². The van der Waals surface area contributed by atoms with Crippen molar-refractivity contribution in [1.82, 2.24) is 0 Å². The molecule has 0 aliphatic carbocycles. The molecule has 0 bridgehead atoms. The Bertz CT molecular complexity index is 59.1. The standard InChI is InChI=1S/C5H12N2/c1-4(3-6)5(2)7/h3-6H,7H2,1-2H3. The first-order chi connectivity index (χ1) is 3.18. The Morgan fingerprint density at radius 2 is 2.00 bits per heavy atom. The molecule has 7 heavy (non-hydrogen) atoms. The van der Waals surface area contributed by atoms with Gasteiger partial charge in [-0.15, -0.1) is 0 Å². The molecule has 0 saturated heterocycles. The summed E-state index contributed by atoms with van der Waals surface area (Å²) in [6.07, 6.45) is 1.37. The minimum Gasteiger partial charge on any atom is -0.327 e. The Morgan fingerprint density at radius 3 is 2.00 bits per heavy atom. The van der Waals surface area contributed by atoms with Gasteiger partial charge >= 0.3 is 0 Å². The summed E-state index contributed by atoms with van der Waals surface area (Å²) in [5.41, 5.74) is 5.40. The Labute approximate surface area is 44.2 Å². The van der Waals surface area contributed by atoms with Gasteiger partial charge in [0.05, 0.1) is 0 Å². The molecular weight excluding hydrogens is 88.1 g/mol. The second-order valence-electron chi connectivity index (χ2n) is 1.88. The van der Waals surface area contributed by atoms with E-state index in [9.17, 15) is 0 Å². The number of nitrogens with one attached hydrogen (secondary N) is 1. The van der Waals surface area contributed by atoms with Crippen LogP contribution in [0.1, 0.15) is 13.8 Å². The van der Waals surface area contributed by atoms with Gasteiger partial charge in [-0.05, 0) is 13.1 Å². The van der Waals surface area contributed by atoms with Crippen LogP contribution in [0, 0.1) is 11.3 Å². The zero-order valence-corrected chi connectivity index (χ0v) is 4.81. The van der Waals surface area contributed by atoms with Crippen LogP contribution in [0.15, 0.2) is 0 Å². The highest BCUT2D eigenvalue weighted by molar-refractivity contribution is 5.56. The molecule has 0 aromatic carbocycles. The van der Waals surface area contributed by atoms with E-state index in [0.29, 0.717) is 0 Å². The minimum atomic E-state index is 0.123. The lowest BCUT2D eigenvalue weighted by atomic mass is 10.1. The van der Waals surface area contributed by atoms with Gasteiger partial charge in [0.25, 0.3) is 0 Å². The zero-order valence-electron chi connectivity index (χ0n) is 4.81. The van der Waals surface area contributed by atoms with E-state index in [0.717, 1.165) is 0 Å². The lowest BCUT2D eigenvalue weighted by Gasteiger charge is -2.06. The molecule has 0 aromatic heterocycles. The molecule has 0 rings (SSSR count). The predicted molar refractivity (Wildman–Crippen MR) is 31.6 cm³/mol. The summed E-state index contributed by atoms with van der Waals surface area (Å²) in [5.74, 6) is 0.222. The van der Waals surface area contributed by atoms with E-state index in [1.165, 1.54) is 6.21 Å². The molecule has 2 heteroatoms. The molecule has 0 aromatic rings. The van der Waals surface area contributed by atoms with E-state index in [1.807, 2.05) is 13.8 Å². The van der Waals surface area contributed by atoms with Gasteiger partial charge in [0.2, 0.25) is 0 Å². The molecule has 0 fully saturated rings. The van der Waals surface area contributed by atoms with E-state index >= 15 is 0 Å². The van der Waals surface area contributed by atoms with Crippen molar-refractivity contribution in [2.24, 2.45) is 11.7 Å². The van der Waals surface area contributed by atoms with Crippen molar-refractivity contribution in [3.05, 3.63) is 0 Å².